The number of rotatable bonds is 2. The summed E-state index contributed by atoms with van der Waals surface area (Å²) in [5.74, 6) is 0.847. The number of aromatic nitrogens is 2. The molecule has 0 radical (unpaired) electrons. The van der Waals surface area contributed by atoms with Crippen LogP contribution in [0.25, 0.3) is 11.3 Å². The third-order valence-electron chi connectivity index (χ3n) is 4.70. The number of benzene rings is 1. The second-order valence-corrected chi connectivity index (χ2v) is 5.94. The molecule has 4 rings (SSSR count). The fourth-order valence-electron chi connectivity index (χ4n) is 3.27. The molecule has 1 saturated heterocycles. The normalized spacial score (nSPS) is 17.3. The average Bonchev–Trinajstić information content (AvgIpc) is 3.05. The van der Waals surface area contributed by atoms with Crippen LogP contribution in [-0.4, -0.2) is 58.6 Å². The van der Waals surface area contributed by atoms with E-state index in [1.165, 1.54) is 0 Å². The highest BCUT2D eigenvalue weighted by molar-refractivity contribution is 5.96. The van der Waals surface area contributed by atoms with Gasteiger partial charge in [0.1, 0.15) is 23.7 Å². The van der Waals surface area contributed by atoms with E-state index in [1.807, 2.05) is 29.2 Å². The van der Waals surface area contributed by atoms with Gasteiger partial charge in [0, 0.05) is 37.3 Å². The van der Waals surface area contributed by atoms with Gasteiger partial charge in [0.2, 0.25) is 0 Å². The zero-order valence-corrected chi connectivity index (χ0v) is 13.2. The Morgan fingerprint density at radius 3 is 2.83 bits per heavy atom. The highest BCUT2D eigenvalue weighted by atomic mass is 16.5. The second-order valence-electron chi connectivity index (χ2n) is 5.94. The Kier molecular flexibility index (Phi) is 3.53. The van der Waals surface area contributed by atoms with Crippen molar-refractivity contribution >= 4 is 5.91 Å². The standard InChI is InChI=1S/C17H20N4O2/c1-2-20-7-9-21(10-8-20)17(22)16-13-11-23-14-6-4-3-5-12(14)15(13)18-19-16/h3-6H,2,7-11H2,1H3,(H,18,19). The van der Waals surface area contributed by atoms with Crippen LogP contribution in [-0.2, 0) is 6.61 Å². The summed E-state index contributed by atoms with van der Waals surface area (Å²) in [6.07, 6.45) is 0. The molecule has 1 amide bonds. The van der Waals surface area contributed by atoms with Crippen LogP contribution in [0.2, 0.25) is 0 Å². The molecule has 0 unspecified atom stereocenters. The van der Waals surface area contributed by atoms with Crippen LogP contribution in [0.5, 0.6) is 5.75 Å². The number of nitrogens with zero attached hydrogens (tertiary/aromatic N) is 3. The zero-order valence-electron chi connectivity index (χ0n) is 13.2. The van der Waals surface area contributed by atoms with E-state index in [0.717, 1.165) is 55.3 Å². The molecule has 23 heavy (non-hydrogen) atoms. The van der Waals surface area contributed by atoms with E-state index in [1.54, 1.807) is 0 Å². The molecule has 0 atom stereocenters. The largest absolute Gasteiger partial charge is 0.488 e. The summed E-state index contributed by atoms with van der Waals surface area (Å²) in [7, 11) is 0. The van der Waals surface area contributed by atoms with Gasteiger partial charge in [-0.05, 0) is 18.7 Å². The van der Waals surface area contributed by atoms with E-state index in [2.05, 4.69) is 22.0 Å². The van der Waals surface area contributed by atoms with Gasteiger partial charge in [-0.3, -0.25) is 9.89 Å². The lowest BCUT2D eigenvalue weighted by Gasteiger charge is -2.34. The van der Waals surface area contributed by atoms with E-state index in [9.17, 15) is 4.79 Å². The van der Waals surface area contributed by atoms with Gasteiger partial charge < -0.3 is 14.5 Å². The molecular weight excluding hydrogens is 292 g/mol. The summed E-state index contributed by atoms with van der Waals surface area (Å²) in [5, 5.41) is 7.33. The molecule has 0 bridgehead atoms. The molecular formula is C17H20N4O2. The first-order valence-corrected chi connectivity index (χ1v) is 8.09. The number of carbonyl (C=O) groups is 1. The molecule has 1 fully saturated rings. The Balaban J connectivity index is 1.60. The molecule has 0 aliphatic carbocycles. The second kappa shape index (κ2) is 5.70. The Hall–Kier alpha value is -2.34. The number of hydrogen-bond acceptors (Lipinski definition) is 4. The van der Waals surface area contributed by atoms with Gasteiger partial charge in [-0.1, -0.05) is 19.1 Å². The van der Waals surface area contributed by atoms with Crippen LogP contribution >= 0.6 is 0 Å². The first-order valence-electron chi connectivity index (χ1n) is 8.09. The molecule has 1 aromatic carbocycles. The predicted molar refractivity (Wildman–Crippen MR) is 86.4 cm³/mol. The summed E-state index contributed by atoms with van der Waals surface area (Å²) in [4.78, 5) is 17.1. The van der Waals surface area contributed by atoms with Crippen LogP contribution < -0.4 is 4.74 Å². The van der Waals surface area contributed by atoms with Gasteiger partial charge in [0.25, 0.3) is 5.91 Å². The SMILES string of the molecule is CCN1CCN(C(=O)c2[nH]nc3c2COc2ccccc2-3)CC1. The first kappa shape index (κ1) is 14.3. The van der Waals surface area contributed by atoms with Crippen molar-refractivity contribution < 1.29 is 9.53 Å². The van der Waals surface area contributed by atoms with Gasteiger partial charge in [0.15, 0.2) is 0 Å². The van der Waals surface area contributed by atoms with Gasteiger partial charge in [-0.15, -0.1) is 0 Å². The molecule has 1 aromatic heterocycles. The lowest BCUT2D eigenvalue weighted by atomic mass is 10.0. The molecule has 3 heterocycles. The van der Waals surface area contributed by atoms with Gasteiger partial charge in [-0.2, -0.15) is 5.10 Å². The number of likely N-dealkylation sites (N-methyl/N-ethyl adjacent to an activating group) is 1. The fraction of sp³-hybridized carbons (Fsp3) is 0.412. The topological polar surface area (TPSA) is 61.5 Å². The van der Waals surface area contributed by atoms with E-state index in [-0.39, 0.29) is 5.91 Å². The van der Waals surface area contributed by atoms with E-state index in [4.69, 9.17) is 4.74 Å². The number of para-hydroxylation sites is 1. The van der Waals surface area contributed by atoms with Crippen LogP contribution in [0.1, 0.15) is 23.0 Å². The van der Waals surface area contributed by atoms with Crippen molar-refractivity contribution in [3.05, 3.63) is 35.5 Å². The van der Waals surface area contributed by atoms with Gasteiger partial charge in [-0.25, -0.2) is 0 Å². The highest BCUT2D eigenvalue weighted by Gasteiger charge is 2.29. The smallest absolute Gasteiger partial charge is 0.272 e. The van der Waals surface area contributed by atoms with Crippen LogP contribution in [0.15, 0.2) is 24.3 Å². The minimum atomic E-state index is 0.0254. The number of carbonyl (C=O) groups excluding carboxylic acids is 1. The van der Waals surface area contributed by atoms with Crippen molar-refractivity contribution in [3.8, 4) is 17.0 Å². The summed E-state index contributed by atoms with van der Waals surface area (Å²) < 4.78 is 5.78. The lowest BCUT2D eigenvalue weighted by molar-refractivity contribution is 0.0635. The number of nitrogens with one attached hydrogen (secondary N) is 1. The number of ether oxygens (including phenoxy) is 1. The third kappa shape index (κ3) is 2.39. The van der Waals surface area contributed by atoms with Crippen LogP contribution in [0.4, 0.5) is 0 Å². The van der Waals surface area contributed by atoms with E-state index >= 15 is 0 Å². The lowest BCUT2D eigenvalue weighted by Crippen LogP contribution is -2.48. The minimum absolute atomic E-state index is 0.0254. The van der Waals surface area contributed by atoms with Crippen molar-refractivity contribution in [1.82, 2.24) is 20.0 Å². The molecule has 0 spiro atoms. The molecule has 1 N–H and O–H groups in total. The summed E-state index contributed by atoms with van der Waals surface area (Å²) in [5.41, 5.74) is 3.22. The van der Waals surface area contributed by atoms with Gasteiger partial charge in [0.05, 0.1) is 0 Å². The van der Waals surface area contributed by atoms with E-state index < -0.39 is 0 Å². The summed E-state index contributed by atoms with van der Waals surface area (Å²) in [6, 6.07) is 7.80. The van der Waals surface area contributed by atoms with Crippen molar-refractivity contribution in [3.63, 3.8) is 0 Å². The number of fused-ring (bicyclic) bond motifs is 3. The zero-order chi connectivity index (χ0) is 15.8. The maximum Gasteiger partial charge on any atom is 0.272 e. The Morgan fingerprint density at radius 1 is 1.26 bits per heavy atom. The molecule has 2 aromatic rings. The quantitative estimate of drug-likeness (QED) is 0.918. The first-order chi connectivity index (χ1) is 11.3. The van der Waals surface area contributed by atoms with Crippen molar-refractivity contribution in [1.29, 1.82) is 0 Å². The van der Waals surface area contributed by atoms with Crippen LogP contribution in [0, 0.1) is 0 Å². The monoisotopic (exact) mass is 312 g/mol. The number of hydrogen-bond donors (Lipinski definition) is 1. The van der Waals surface area contributed by atoms with Crippen molar-refractivity contribution in [2.75, 3.05) is 32.7 Å². The van der Waals surface area contributed by atoms with Crippen molar-refractivity contribution in [2.45, 2.75) is 13.5 Å². The minimum Gasteiger partial charge on any atom is -0.488 e. The molecule has 2 aliphatic rings. The number of amides is 1. The fourth-order valence-corrected chi connectivity index (χ4v) is 3.27. The molecule has 0 saturated carbocycles. The highest BCUT2D eigenvalue weighted by Crippen LogP contribution is 2.37. The maximum atomic E-state index is 12.8. The number of piperazine rings is 1. The number of H-pyrrole nitrogens is 1. The summed E-state index contributed by atoms with van der Waals surface area (Å²) >= 11 is 0. The molecule has 6 heteroatoms. The van der Waals surface area contributed by atoms with E-state index in [0.29, 0.717) is 12.3 Å². The van der Waals surface area contributed by atoms with Gasteiger partial charge >= 0.3 is 0 Å². The molecule has 6 nitrogen and oxygen atoms in total. The Labute approximate surface area is 135 Å². The molecule has 120 valence electrons. The Bertz CT molecular complexity index is 732. The molecule has 2 aliphatic heterocycles. The number of aromatic amines is 1. The summed E-state index contributed by atoms with van der Waals surface area (Å²) in [6.45, 7) is 6.95. The van der Waals surface area contributed by atoms with Crippen molar-refractivity contribution in [2.24, 2.45) is 0 Å². The predicted octanol–water partition coefficient (Wildman–Crippen LogP) is 1.75. The third-order valence-corrected chi connectivity index (χ3v) is 4.70. The maximum absolute atomic E-state index is 12.8. The van der Waals surface area contributed by atoms with Crippen LogP contribution in [0.3, 0.4) is 0 Å². The average molecular weight is 312 g/mol. The Morgan fingerprint density at radius 2 is 2.04 bits per heavy atom.